The number of nitro groups is 1. The molecule has 1 heterocycles. The molecular weight excluding hydrogens is 342 g/mol. The highest BCUT2D eigenvalue weighted by molar-refractivity contribution is 5.98. The van der Waals surface area contributed by atoms with Crippen LogP contribution in [0.1, 0.15) is 28.8 Å². The third-order valence-electron chi connectivity index (χ3n) is 4.50. The van der Waals surface area contributed by atoms with Gasteiger partial charge >= 0.3 is 5.97 Å². The van der Waals surface area contributed by atoms with E-state index < -0.39 is 22.7 Å². The molecule has 0 bridgehead atoms. The fraction of sp³-hybridized carbons (Fsp3) is 0.471. The van der Waals surface area contributed by atoms with Crippen molar-refractivity contribution in [3.05, 3.63) is 39.4 Å². The molecule has 9 nitrogen and oxygen atoms in total. The first kappa shape index (κ1) is 19.4. The average molecular weight is 363 g/mol. The maximum Gasteiger partial charge on any atom is 0.308 e. The summed E-state index contributed by atoms with van der Waals surface area (Å²) in [5.74, 6) is -2.35. The van der Waals surface area contributed by atoms with E-state index in [2.05, 4.69) is 0 Å². The molecule has 1 aliphatic rings. The average Bonchev–Trinajstić information content (AvgIpc) is 2.61. The molecule has 1 atom stereocenters. The van der Waals surface area contributed by atoms with E-state index in [0.717, 1.165) is 0 Å². The van der Waals surface area contributed by atoms with Gasteiger partial charge < -0.3 is 14.9 Å². The normalized spacial score (nSPS) is 16.8. The van der Waals surface area contributed by atoms with Gasteiger partial charge in [0.15, 0.2) is 0 Å². The van der Waals surface area contributed by atoms with Crippen LogP contribution in [-0.4, -0.2) is 64.3 Å². The van der Waals surface area contributed by atoms with Crippen LogP contribution >= 0.6 is 0 Å². The van der Waals surface area contributed by atoms with Crippen LogP contribution in [-0.2, 0) is 9.59 Å². The molecule has 0 saturated carbocycles. The highest BCUT2D eigenvalue weighted by Crippen LogP contribution is 2.20. The van der Waals surface area contributed by atoms with Crippen LogP contribution < -0.4 is 0 Å². The molecule has 2 amide bonds. The molecular formula is C17H21N3O6. The Kier molecular flexibility index (Phi) is 5.91. The molecule has 0 radical (unpaired) electrons. The van der Waals surface area contributed by atoms with Crippen molar-refractivity contribution >= 4 is 23.5 Å². The van der Waals surface area contributed by atoms with Crippen molar-refractivity contribution in [2.45, 2.75) is 19.8 Å². The smallest absolute Gasteiger partial charge is 0.308 e. The Balaban J connectivity index is 2.07. The van der Waals surface area contributed by atoms with Gasteiger partial charge in [-0.25, -0.2) is 0 Å². The quantitative estimate of drug-likeness (QED) is 0.622. The summed E-state index contributed by atoms with van der Waals surface area (Å²) < 4.78 is 0. The van der Waals surface area contributed by atoms with Gasteiger partial charge in [0.25, 0.3) is 11.6 Å². The molecule has 26 heavy (non-hydrogen) atoms. The summed E-state index contributed by atoms with van der Waals surface area (Å²) in [4.78, 5) is 49.0. The van der Waals surface area contributed by atoms with Crippen LogP contribution in [0.3, 0.4) is 0 Å². The summed E-state index contributed by atoms with van der Waals surface area (Å²) >= 11 is 0. The third kappa shape index (κ3) is 4.35. The predicted molar refractivity (Wildman–Crippen MR) is 91.7 cm³/mol. The van der Waals surface area contributed by atoms with Crippen LogP contribution in [0.5, 0.6) is 0 Å². The van der Waals surface area contributed by atoms with E-state index in [9.17, 15) is 24.5 Å². The minimum absolute atomic E-state index is 0.131. The monoisotopic (exact) mass is 363 g/mol. The zero-order valence-electron chi connectivity index (χ0n) is 14.7. The molecule has 1 saturated heterocycles. The molecule has 2 rings (SSSR count). The molecule has 1 unspecified atom stereocenters. The number of benzene rings is 1. The van der Waals surface area contributed by atoms with E-state index >= 15 is 0 Å². The second-order valence-electron chi connectivity index (χ2n) is 6.43. The summed E-state index contributed by atoms with van der Waals surface area (Å²) in [6.45, 7) is 2.04. The largest absolute Gasteiger partial charge is 0.481 e. The van der Waals surface area contributed by atoms with Crippen molar-refractivity contribution in [3.63, 3.8) is 0 Å². The molecule has 1 aromatic rings. The Bertz CT molecular complexity index is 748. The number of non-ortho nitro benzene ring substituents is 1. The van der Waals surface area contributed by atoms with E-state index in [1.165, 1.54) is 35.0 Å². The summed E-state index contributed by atoms with van der Waals surface area (Å²) in [5, 5.41) is 20.0. The second kappa shape index (κ2) is 7.94. The van der Waals surface area contributed by atoms with Gasteiger partial charge in [0, 0.05) is 37.8 Å². The fourth-order valence-electron chi connectivity index (χ4n) is 2.94. The second-order valence-corrected chi connectivity index (χ2v) is 6.43. The summed E-state index contributed by atoms with van der Waals surface area (Å²) in [6.07, 6.45) is 1.13. The Labute approximate surface area is 150 Å². The number of piperidine rings is 1. The van der Waals surface area contributed by atoms with Crippen LogP contribution in [0, 0.1) is 23.0 Å². The molecule has 0 aromatic heterocycles. The lowest BCUT2D eigenvalue weighted by Gasteiger charge is -2.32. The lowest BCUT2D eigenvalue weighted by molar-refractivity contribution is -0.384. The standard InChI is InChI=1S/C17H21N3O6/c1-11-5-6-13(20(25)26)8-14(11)16(22)18(2)10-15(21)19-7-3-4-12(9-19)17(23)24/h5-6,8,12H,3-4,7,9-10H2,1-2H3,(H,23,24). The molecule has 0 spiro atoms. The maximum atomic E-state index is 12.6. The first-order chi connectivity index (χ1) is 12.2. The van der Waals surface area contributed by atoms with Gasteiger partial charge in [-0.15, -0.1) is 0 Å². The number of aliphatic carboxylic acids is 1. The number of likely N-dealkylation sites (tertiary alicyclic amines) is 1. The zero-order chi connectivity index (χ0) is 19.4. The highest BCUT2D eigenvalue weighted by atomic mass is 16.6. The number of hydrogen-bond acceptors (Lipinski definition) is 5. The number of nitro benzene ring substituents is 1. The Morgan fingerprint density at radius 2 is 2.08 bits per heavy atom. The molecule has 1 aliphatic heterocycles. The molecule has 9 heteroatoms. The number of nitrogens with zero attached hydrogens (tertiary/aromatic N) is 3. The third-order valence-corrected chi connectivity index (χ3v) is 4.50. The van der Waals surface area contributed by atoms with E-state index in [1.807, 2.05) is 0 Å². The number of carboxylic acids is 1. The molecule has 1 fully saturated rings. The lowest BCUT2D eigenvalue weighted by Crippen LogP contribution is -2.47. The first-order valence-corrected chi connectivity index (χ1v) is 8.21. The maximum absolute atomic E-state index is 12.6. The molecule has 1 N–H and O–H groups in total. The Morgan fingerprint density at radius 3 is 2.69 bits per heavy atom. The minimum atomic E-state index is -0.931. The van der Waals surface area contributed by atoms with Gasteiger partial charge in [-0.3, -0.25) is 24.5 Å². The fourth-order valence-corrected chi connectivity index (χ4v) is 2.94. The summed E-state index contributed by atoms with van der Waals surface area (Å²) in [5.41, 5.74) is 0.541. The number of aryl methyl sites for hydroxylation is 1. The highest BCUT2D eigenvalue weighted by Gasteiger charge is 2.29. The lowest BCUT2D eigenvalue weighted by atomic mass is 9.98. The number of carboxylic acid groups (broad SMARTS) is 1. The summed E-state index contributed by atoms with van der Waals surface area (Å²) in [6, 6.07) is 4.00. The van der Waals surface area contributed by atoms with Crippen LogP contribution in [0.2, 0.25) is 0 Å². The van der Waals surface area contributed by atoms with Crippen molar-refractivity contribution in [1.82, 2.24) is 9.80 Å². The van der Waals surface area contributed by atoms with E-state index in [1.54, 1.807) is 6.92 Å². The van der Waals surface area contributed by atoms with Gasteiger partial charge in [-0.2, -0.15) is 0 Å². The van der Waals surface area contributed by atoms with Gasteiger partial charge in [0.1, 0.15) is 0 Å². The minimum Gasteiger partial charge on any atom is -0.481 e. The van der Waals surface area contributed by atoms with Crippen molar-refractivity contribution in [3.8, 4) is 0 Å². The Hall–Kier alpha value is -2.97. The predicted octanol–water partition coefficient (Wildman–Crippen LogP) is 1.30. The Morgan fingerprint density at radius 1 is 1.38 bits per heavy atom. The van der Waals surface area contributed by atoms with Crippen LogP contribution in [0.15, 0.2) is 18.2 Å². The summed E-state index contributed by atoms with van der Waals surface area (Å²) in [7, 11) is 1.44. The number of carbonyl (C=O) groups excluding carboxylic acids is 2. The zero-order valence-corrected chi connectivity index (χ0v) is 14.7. The number of rotatable bonds is 5. The van der Waals surface area contributed by atoms with E-state index in [0.29, 0.717) is 24.9 Å². The molecule has 1 aromatic carbocycles. The van der Waals surface area contributed by atoms with Gasteiger partial charge in [-0.05, 0) is 25.3 Å². The van der Waals surface area contributed by atoms with Crippen LogP contribution in [0.25, 0.3) is 0 Å². The number of carbonyl (C=O) groups is 3. The first-order valence-electron chi connectivity index (χ1n) is 8.21. The van der Waals surface area contributed by atoms with E-state index in [-0.39, 0.29) is 30.2 Å². The van der Waals surface area contributed by atoms with Crippen molar-refractivity contribution in [1.29, 1.82) is 0 Å². The number of likely N-dealkylation sites (N-methyl/N-ethyl adjacent to an activating group) is 1. The van der Waals surface area contributed by atoms with Crippen molar-refractivity contribution in [2.75, 3.05) is 26.7 Å². The number of amides is 2. The molecule has 0 aliphatic carbocycles. The van der Waals surface area contributed by atoms with Crippen LogP contribution in [0.4, 0.5) is 5.69 Å². The topological polar surface area (TPSA) is 121 Å². The van der Waals surface area contributed by atoms with Gasteiger partial charge in [0.2, 0.25) is 5.91 Å². The van der Waals surface area contributed by atoms with E-state index in [4.69, 9.17) is 5.11 Å². The van der Waals surface area contributed by atoms with Crippen molar-refractivity contribution < 1.29 is 24.4 Å². The van der Waals surface area contributed by atoms with Gasteiger partial charge in [-0.1, -0.05) is 6.07 Å². The van der Waals surface area contributed by atoms with Crippen molar-refractivity contribution in [2.24, 2.45) is 5.92 Å². The SMILES string of the molecule is Cc1ccc([N+](=O)[O-])cc1C(=O)N(C)CC(=O)N1CCCC(C(=O)O)C1. The van der Waals surface area contributed by atoms with Gasteiger partial charge in [0.05, 0.1) is 17.4 Å². The molecule has 140 valence electrons. The number of hydrogen-bond donors (Lipinski definition) is 1.